The first-order chi connectivity index (χ1) is 8.24. The maximum Gasteiger partial charge on any atom is 0.0720 e. The molecule has 0 aliphatic rings. The maximum absolute atomic E-state index is 5.70. The van der Waals surface area contributed by atoms with E-state index < -0.39 is 0 Å². The largest absolute Gasteiger partial charge is 0.271 e. The second-order valence-corrected chi connectivity index (χ2v) is 5.07. The van der Waals surface area contributed by atoms with Crippen molar-refractivity contribution < 1.29 is 0 Å². The molecule has 0 aliphatic carbocycles. The normalized spacial score (nSPS) is 12.4. The highest BCUT2D eigenvalue weighted by atomic mass is 127. The predicted octanol–water partition coefficient (Wildman–Crippen LogP) is 3.15. The molecular weight excluding hydrogens is 323 g/mol. The molecule has 2 nitrogen and oxygen atoms in total. The van der Waals surface area contributed by atoms with E-state index in [1.54, 1.807) is 0 Å². The van der Waals surface area contributed by atoms with E-state index >= 15 is 0 Å². The van der Waals surface area contributed by atoms with Crippen LogP contribution in [0.4, 0.5) is 0 Å². The fourth-order valence-electron chi connectivity index (χ4n) is 1.90. The third kappa shape index (κ3) is 2.68. The Balaban J connectivity index is 2.46. The molecule has 1 unspecified atom stereocenters. The monoisotopic (exact) mass is 338 g/mol. The van der Waals surface area contributed by atoms with Gasteiger partial charge in [0.2, 0.25) is 0 Å². The Morgan fingerprint density at radius 1 is 1.06 bits per heavy atom. The lowest BCUT2D eigenvalue weighted by atomic mass is 9.98. The van der Waals surface area contributed by atoms with Crippen molar-refractivity contribution in [1.29, 1.82) is 0 Å². The Morgan fingerprint density at radius 2 is 1.76 bits per heavy atom. The van der Waals surface area contributed by atoms with Gasteiger partial charge in [-0.25, -0.2) is 5.43 Å². The van der Waals surface area contributed by atoms with Crippen LogP contribution < -0.4 is 11.3 Å². The highest BCUT2D eigenvalue weighted by Crippen LogP contribution is 2.27. The van der Waals surface area contributed by atoms with E-state index in [0.29, 0.717) is 0 Å². The SMILES string of the molecule is Cc1cccc(C(NN)c2ccccc2)c1I. The number of benzene rings is 2. The van der Waals surface area contributed by atoms with Crippen LogP contribution in [0.2, 0.25) is 0 Å². The average Bonchev–Trinajstić information content (AvgIpc) is 2.37. The molecule has 88 valence electrons. The molecule has 1 atom stereocenters. The molecule has 0 aliphatic heterocycles. The van der Waals surface area contributed by atoms with Gasteiger partial charge in [-0.15, -0.1) is 0 Å². The number of halogens is 1. The minimum atomic E-state index is 0.0444. The molecule has 0 spiro atoms. The molecule has 0 aromatic heterocycles. The fraction of sp³-hybridized carbons (Fsp3) is 0.143. The Labute approximate surface area is 115 Å². The summed E-state index contributed by atoms with van der Waals surface area (Å²) < 4.78 is 1.26. The zero-order chi connectivity index (χ0) is 12.3. The summed E-state index contributed by atoms with van der Waals surface area (Å²) in [6.07, 6.45) is 0. The van der Waals surface area contributed by atoms with Crippen LogP contribution in [-0.4, -0.2) is 0 Å². The van der Waals surface area contributed by atoms with Gasteiger partial charge in [-0.1, -0.05) is 48.5 Å². The Hall–Kier alpha value is -0.910. The van der Waals surface area contributed by atoms with E-state index in [1.165, 1.54) is 20.3 Å². The Morgan fingerprint density at radius 3 is 2.41 bits per heavy atom. The molecule has 0 amide bonds. The van der Waals surface area contributed by atoms with Crippen molar-refractivity contribution in [1.82, 2.24) is 5.43 Å². The third-order valence-electron chi connectivity index (χ3n) is 2.83. The van der Waals surface area contributed by atoms with Gasteiger partial charge in [0, 0.05) is 3.57 Å². The smallest absolute Gasteiger partial charge is 0.0720 e. The average molecular weight is 338 g/mol. The van der Waals surface area contributed by atoms with Crippen molar-refractivity contribution in [3.63, 3.8) is 0 Å². The van der Waals surface area contributed by atoms with Crippen LogP contribution in [0.5, 0.6) is 0 Å². The minimum absolute atomic E-state index is 0.0444. The topological polar surface area (TPSA) is 38.0 Å². The first kappa shape index (κ1) is 12.5. The number of hydrazine groups is 1. The van der Waals surface area contributed by atoms with Crippen LogP contribution in [0.3, 0.4) is 0 Å². The number of aryl methyl sites for hydroxylation is 1. The van der Waals surface area contributed by atoms with Crippen LogP contribution in [-0.2, 0) is 0 Å². The maximum atomic E-state index is 5.70. The van der Waals surface area contributed by atoms with E-state index in [4.69, 9.17) is 5.84 Å². The standard InChI is InChI=1S/C14H15IN2/c1-10-6-5-9-12(13(10)15)14(17-16)11-7-3-2-4-8-11/h2-9,14,17H,16H2,1H3. The van der Waals surface area contributed by atoms with Crippen molar-refractivity contribution in [2.75, 3.05) is 0 Å². The molecule has 2 aromatic carbocycles. The second-order valence-electron chi connectivity index (χ2n) is 3.99. The lowest BCUT2D eigenvalue weighted by molar-refractivity contribution is 0.634. The van der Waals surface area contributed by atoms with Gasteiger partial charge in [0.1, 0.15) is 0 Å². The summed E-state index contributed by atoms with van der Waals surface area (Å²) in [7, 11) is 0. The van der Waals surface area contributed by atoms with Gasteiger partial charge in [-0.3, -0.25) is 5.84 Å². The lowest BCUT2D eigenvalue weighted by Gasteiger charge is -2.19. The Kier molecular flexibility index (Phi) is 4.15. The van der Waals surface area contributed by atoms with Crippen molar-refractivity contribution >= 4 is 22.6 Å². The highest BCUT2D eigenvalue weighted by Gasteiger charge is 2.15. The molecule has 0 fully saturated rings. The van der Waals surface area contributed by atoms with E-state index in [9.17, 15) is 0 Å². The van der Waals surface area contributed by atoms with E-state index in [2.05, 4.69) is 65.3 Å². The van der Waals surface area contributed by atoms with Crippen molar-refractivity contribution in [2.24, 2.45) is 5.84 Å². The molecule has 2 aromatic rings. The summed E-state index contributed by atoms with van der Waals surface area (Å²) in [5.41, 5.74) is 6.58. The number of nitrogens with two attached hydrogens (primary N) is 1. The second kappa shape index (κ2) is 5.62. The first-order valence-electron chi connectivity index (χ1n) is 5.50. The molecule has 3 heteroatoms. The molecular formula is C14H15IN2. The number of rotatable bonds is 3. The van der Waals surface area contributed by atoms with Gasteiger partial charge in [-0.2, -0.15) is 0 Å². The Bertz CT molecular complexity index is 497. The van der Waals surface area contributed by atoms with Crippen LogP contribution in [0.25, 0.3) is 0 Å². The van der Waals surface area contributed by atoms with Crippen molar-refractivity contribution in [3.8, 4) is 0 Å². The van der Waals surface area contributed by atoms with Crippen LogP contribution >= 0.6 is 22.6 Å². The van der Waals surface area contributed by atoms with Crippen molar-refractivity contribution in [2.45, 2.75) is 13.0 Å². The van der Waals surface area contributed by atoms with Gasteiger partial charge in [0.05, 0.1) is 6.04 Å². The zero-order valence-electron chi connectivity index (χ0n) is 9.65. The summed E-state index contributed by atoms with van der Waals surface area (Å²) in [5, 5.41) is 0. The van der Waals surface area contributed by atoms with Crippen LogP contribution in [0.15, 0.2) is 48.5 Å². The molecule has 3 N–H and O–H groups in total. The predicted molar refractivity (Wildman–Crippen MR) is 79.5 cm³/mol. The summed E-state index contributed by atoms with van der Waals surface area (Å²) >= 11 is 2.37. The fourth-order valence-corrected chi connectivity index (χ4v) is 2.58. The summed E-state index contributed by atoms with van der Waals surface area (Å²) in [5.74, 6) is 5.70. The molecule has 0 heterocycles. The molecule has 0 radical (unpaired) electrons. The number of hydrogen-bond acceptors (Lipinski definition) is 2. The van der Waals surface area contributed by atoms with Gasteiger partial charge >= 0.3 is 0 Å². The molecule has 0 saturated heterocycles. The molecule has 0 bridgehead atoms. The van der Waals surface area contributed by atoms with Gasteiger partial charge in [-0.05, 0) is 46.2 Å². The third-order valence-corrected chi connectivity index (χ3v) is 4.31. The van der Waals surface area contributed by atoms with Crippen molar-refractivity contribution in [3.05, 3.63) is 68.8 Å². The first-order valence-corrected chi connectivity index (χ1v) is 6.58. The summed E-state index contributed by atoms with van der Waals surface area (Å²) in [4.78, 5) is 0. The quantitative estimate of drug-likeness (QED) is 0.513. The number of hydrogen-bond donors (Lipinski definition) is 2. The van der Waals surface area contributed by atoms with E-state index in [0.717, 1.165) is 0 Å². The summed E-state index contributed by atoms with van der Waals surface area (Å²) in [6.45, 7) is 2.11. The van der Waals surface area contributed by atoms with Crippen LogP contribution in [0, 0.1) is 10.5 Å². The van der Waals surface area contributed by atoms with Gasteiger partial charge in [0.15, 0.2) is 0 Å². The lowest BCUT2D eigenvalue weighted by Crippen LogP contribution is -2.29. The zero-order valence-corrected chi connectivity index (χ0v) is 11.8. The van der Waals surface area contributed by atoms with Gasteiger partial charge < -0.3 is 0 Å². The summed E-state index contributed by atoms with van der Waals surface area (Å²) in [6, 6.07) is 16.6. The van der Waals surface area contributed by atoms with Gasteiger partial charge in [0.25, 0.3) is 0 Å². The minimum Gasteiger partial charge on any atom is -0.271 e. The molecule has 17 heavy (non-hydrogen) atoms. The molecule has 2 rings (SSSR count). The van der Waals surface area contributed by atoms with E-state index in [-0.39, 0.29) is 6.04 Å². The number of nitrogens with one attached hydrogen (secondary N) is 1. The molecule has 0 saturated carbocycles. The highest BCUT2D eigenvalue weighted by molar-refractivity contribution is 14.1. The van der Waals surface area contributed by atoms with Crippen LogP contribution in [0.1, 0.15) is 22.7 Å². The van der Waals surface area contributed by atoms with E-state index in [1.807, 2.05) is 18.2 Å².